The molecule has 5 heteroatoms. The lowest BCUT2D eigenvalue weighted by Crippen LogP contribution is -2.15. The molecule has 3 aromatic rings. The standard InChI is InChI=1S/C23H25N3O2/c1-17(2)28-21-11-7-6-10-20(21)26-23(27)19-12-13-22(25-16-19)24-15-14-18-8-4-3-5-9-18/h3-13,16-17H,14-15H2,1-2H3,(H,24,25)(H,26,27). The molecule has 0 fully saturated rings. The number of pyridine rings is 1. The predicted octanol–water partition coefficient (Wildman–Crippen LogP) is 4.78. The molecule has 0 bridgehead atoms. The fraction of sp³-hybridized carbons (Fsp3) is 0.217. The van der Waals surface area contributed by atoms with E-state index in [0.717, 1.165) is 18.8 Å². The van der Waals surface area contributed by atoms with Crippen LogP contribution in [0.2, 0.25) is 0 Å². The van der Waals surface area contributed by atoms with E-state index >= 15 is 0 Å². The zero-order chi connectivity index (χ0) is 19.8. The lowest BCUT2D eigenvalue weighted by Gasteiger charge is -2.14. The van der Waals surface area contributed by atoms with Gasteiger partial charge in [-0.25, -0.2) is 4.98 Å². The van der Waals surface area contributed by atoms with Gasteiger partial charge in [0.05, 0.1) is 17.4 Å². The van der Waals surface area contributed by atoms with Gasteiger partial charge in [-0.3, -0.25) is 4.79 Å². The first-order valence-corrected chi connectivity index (χ1v) is 9.42. The van der Waals surface area contributed by atoms with Gasteiger partial charge in [0.15, 0.2) is 0 Å². The van der Waals surface area contributed by atoms with Gasteiger partial charge in [-0.15, -0.1) is 0 Å². The SMILES string of the molecule is CC(C)Oc1ccccc1NC(=O)c1ccc(NCCc2ccccc2)nc1. The second-order valence-corrected chi connectivity index (χ2v) is 6.71. The molecule has 1 heterocycles. The third-order valence-corrected chi connectivity index (χ3v) is 4.09. The van der Waals surface area contributed by atoms with Crippen molar-refractivity contribution in [3.8, 4) is 5.75 Å². The maximum atomic E-state index is 12.5. The Kier molecular flexibility index (Phi) is 6.63. The number of rotatable bonds is 8. The quantitative estimate of drug-likeness (QED) is 0.595. The van der Waals surface area contributed by atoms with Gasteiger partial charge in [-0.1, -0.05) is 42.5 Å². The molecule has 3 rings (SSSR count). The summed E-state index contributed by atoms with van der Waals surface area (Å²) in [6.07, 6.45) is 2.52. The van der Waals surface area contributed by atoms with Crippen molar-refractivity contribution in [2.75, 3.05) is 17.2 Å². The molecular weight excluding hydrogens is 350 g/mol. The fourth-order valence-electron chi connectivity index (χ4n) is 2.73. The predicted molar refractivity (Wildman–Crippen MR) is 113 cm³/mol. The highest BCUT2D eigenvalue weighted by Gasteiger charge is 2.11. The van der Waals surface area contributed by atoms with Crippen LogP contribution in [0.15, 0.2) is 72.9 Å². The Bertz CT molecular complexity index is 893. The average Bonchev–Trinajstić information content (AvgIpc) is 2.70. The van der Waals surface area contributed by atoms with Crippen molar-refractivity contribution < 1.29 is 9.53 Å². The van der Waals surface area contributed by atoms with Crippen LogP contribution in [0.4, 0.5) is 11.5 Å². The first-order chi connectivity index (χ1) is 13.6. The minimum Gasteiger partial charge on any atom is -0.489 e. The monoisotopic (exact) mass is 375 g/mol. The van der Waals surface area contributed by atoms with Gasteiger partial charge in [0, 0.05) is 12.7 Å². The summed E-state index contributed by atoms with van der Waals surface area (Å²) in [5.74, 6) is 1.18. The van der Waals surface area contributed by atoms with E-state index in [-0.39, 0.29) is 12.0 Å². The van der Waals surface area contributed by atoms with Crippen molar-refractivity contribution >= 4 is 17.4 Å². The molecule has 1 aromatic heterocycles. The van der Waals surface area contributed by atoms with Gasteiger partial charge < -0.3 is 15.4 Å². The van der Waals surface area contributed by atoms with Crippen LogP contribution in [-0.2, 0) is 6.42 Å². The van der Waals surface area contributed by atoms with Gasteiger partial charge in [-0.05, 0) is 50.1 Å². The first-order valence-electron chi connectivity index (χ1n) is 9.42. The Morgan fingerprint density at radius 3 is 2.46 bits per heavy atom. The second-order valence-electron chi connectivity index (χ2n) is 6.71. The van der Waals surface area contributed by atoms with Gasteiger partial charge in [-0.2, -0.15) is 0 Å². The number of benzene rings is 2. The number of carbonyl (C=O) groups is 1. The maximum Gasteiger partial charge on any atom is 0.257 e. The molecule has 2 aromatic carbocycles. The molecule has 144 valence electrons. The average molecular weight is 375 g/mol. The highest BCUT2D eigenvalue weighted by molar-refractivity contribution is 6.04. The van der Waals surface area contributed by atoms with Crippen LogP contribution in [0.25, 0.3) is 0 Å². The van der Waals surface area contributed by atoms with Crippen LogP contribution in [0.1, 0.15) is 29.8 Å². The zero-order valence-electron chi connectivity index (χ0n) is 16.2. The molecular formula is C23H25N3O2. The van der Waals surface area contributed by atoms with Crippen molar-refractivity contribution in [1.29, 1.82) is 0 Å². The summed E-state index contributed by atoms with van der Waals surface area (Å²) in [5, 5.41) is 6.17. The van der Waals surface area contributed by atoms with E-state index in [9.17, 15) is 4.79 Å². The van der Waals surface area contributed by atoms with Crippen molar-refractivity contribution in [1.82, 2.24) is 4.98 Å². The molecule has 0 saturated heterocycles. The zero-order valence-corrected chi connectivity index (χ0v) is 16.2. The molecule has 1 amide bonds. The number of amides is 1. The maximum absolute atomic E-state index is 12.5. The van der Waals surface area contributed by atoms with Crippen molar-refractivity contribution in [3.63, 3.8) is 0 Å². The minimum atomic E-state index is -0.219. The van der Waals surface area contributed by atoms with Crippen LogP contribution < -0.4 is 15.4 Å². The molecule has 0 atom stereocenters. The lowest BCUT2D eigenvalue weighted by atomic mass is 10.1. The van der Waals surface area contributed by atoms with E-state index in [1.807, 2.05) is 62.4 Å². The summed E-state index contributed by atoms with van der Waals surface area (Å²) in [4.78, 5) is 16.9. The highest BCUT2D eigenvalue weighted by Crippen LogP contribution is 2.25. The Hall–Kier alpha value is -3.34. The van der Waals surface area contributed by atoms with Crippen LogP contribution in [0.5, 0.6) is 5.75 Å². The van der Waals surface area contributed by atoms with E-state index in [0.29, 0.717) is 17.0 Å². The number of nitrogens with zero attached hydrogens (tertiary/aromatic N) is 1. The second kappa shape index (κ2) is 9.55. The Morgan fingerprint density at radius 2 is 1.75 bits per heavy atom. The van der Waals surface area contributed by atoms with Crippen LogP contribution in [-0.4, -0.2) is 23.5 Å². The number of carbonyl (C=O) groups excluding carboxylic acids is 1. The number of anilines is 2. The number of hydrogen-bond donors (Lipinski definition) is 2. The van der Waals surface area contributed by atoms with E-state index in [4.69, 9.17) is 4.74 Å². The summed E-state index contributed by atoms with van der Waals surface area (Å²) in [6, 6.07) is 21.3. The molecule has 0 radical (unpaired) electrons. The summed E-state index contributed by atoms with van der Waals surface area (Å²) in [7, 11) is 0. The van der Waals surface area contributed by atoms with Gasteiger partial charge in [0.1, 0.15) is 11.6 Å². The summed E-state index contributed by atoms with van der Waals surface area (Å²) >= 11 is 0. The van der Waals surface area contributed by atoms with Crippen LogP contribution >= 0.6 is 0 Å². The summed E-state index contributed by atoms with van der Waals surface area (Å²) < 4.78 is 5.74. The van der Waals surface area contributed by atoms with Crippen molar-refractivity contribution in [3.05, 3.63) is 84.1 Å². The lowest BCUT2D eigenvalue weighted by molar-refractivity contribution is 0.102. The van der Waals surface area contributed by atoms with Gasteiger partial charge in [0.25, 0.3) is 5.91 Å². The number of para-hydroxylation sites is 2. The molecule has 0 aliphatic carbocycles. The van der Waals surface area contributed by atoms with E-state index in [1.54, 1.807) is 12.3 Å². The van der Waals surface area contributed by atoms with Gasteiger partial charge >= 0.3 is 0 Å². The van der Waals surface area contributed by atoms with Crippen molar-refractivity contribution in [2.45, 2.75) is 26.4 Å². The van der Waals surface area contributed by atoms with Crippen LogP contribution in [0, 0.1) is 0 Å². The Labute approximate surface area is 165 Å². The summed E-state index contributed by atoms with van der Waals surface area (Å²) in [6.45, 7) is 4.68. The molecule has 0 saturated carbocycles. The third-order valence-electron chi connectivity index (χ3n) is 4.09. The third kappa shape index (κ3) is 5.58. The van der Waals surface area contributed by atoms with Crippen molar-refractivity contribution in [2.24, 2.45) is 0 Å². The number of nitrogens with one attached hydrogen (secondary N) is 2. The molecule has 0 spiro atoms. The Balaban J connectivity index is 1.57. The molecule has 0 aliphatic rings. The summed E-state index contributed by atoms with van der Waals surface area (Å²) in [5.41, 5.74) is 2.41. The number of aromatic nitrogens is 1. The molecule has 28 heavy (non-hydrogen) atoms. The molecule has 0 unspecified atom stereocenters. The van der Waals surface area contributed by atoms with Crippen LogP contribution in [0.3, 0.4) is 0 Å². The molecule has 2 N–H and O–H groups in total. The van der Waals surface area contributed by atoms with E-state index < -0.39 is 0 Å². The topological polar surface area (TPSA) is 63.2 Å². The molecule has 5 nitrogen and oxygen atoms in total. The largest absolute Gasteiger partial charge is 0.489 e. The highest BCUT2D eigenvalue weighted by atomic mass is 16.5. The molecule has 0 aliphatic heterocycles. The first kappa shape index (κ1) is 19.4. The number of hydrogen-bond acceptors (Lipinski definition) is 4. The fourth-order valence-corrected chi connectivity index (χ4v) is 2.73. The van der Waals surface area contributed by atoms with E-state index in [1.165, 1.54) is 5.56 Å². The minimum absolute atomic E-state index is 0.0287. The Morgan fingerprint density at radius 1 is 1.00 bits per heavy atom. The van der Waals surface area contributed by atoms with E-state index in [2.05, 4.69) is 27.8 Å². The van der Waals surface area contributed by atoms with Gasteiger partial charge in [0.2, 0.25) is 0 Å². The normalized spacial score (nSPS) is 10.5. The number of ether oxygens (including phenoxy) is 1. The smallest absolute Gasteiger partial charge is 0.257 e.